The zero-order chi connectivity index (χ0) is 14.4. The van der Waals surface area contributed by atoms with Gasteiger partial charge in [-0.15, -0.1) is 0 Å². The van der Waals surface area contributed by atoms with Gasteiger partial charge in [0.2, 0.25) is 0 Å². The van der Waals surface area contributed by atoms with Crippen molar-refractivity contribution in [2.24, 2.45) is 0 Å². The first-order valence-electron chi connectivity index (χ1n) is 5.78. The second-order valence-electron chi connectivity index (χ2n) is 4.32. The van der Waals surface area contributed by atoms with Gasteiger partial charge in [0.05, 0.1) is 7.98 Å². The van der Waals surface area contributed by atoms with Crippen LogP contribution in [0.4, 0.5) is 0 Å². The number of H-pyrrole nitrogens is 1. The summed E-state index contributed by atoms with van der Waals surface area (Å²) >= 11 is 0. The summed E-state index contributed by atoms with van der Waals surface area (Å²) in [6.45, 7) is 0.693. The number of nitrogens with one attached hydrogen (secondary N) is 1. The Hall–Kier alpha value is -1.48. The van der Waals surface area contributed by atoms with Crippen LogP contribution in [-0.4, -0.2) is 49.3 Å². The van der Waals surface area contributed by atoms with Crippen LogP contribution in [0.2, 0.25) is 0 Å². The maximum Gasteiger partial charge on any atom is 0.330 e. The molecule has 1 saturated heterocycles. The molecule has 0 saturated carbocycles. The van der Waals surface area contributed by atoms with Crippen LogP contribution < -0.4 is 11.2 Å². The molecule has 1 aliphatic heterocycles. The number of aliphatic hydroxyl groups excluding tert-OH is 2. The highest BCUT2D eigenvalue weighted by Crippen LogP contribution is 2.36. The lowest BCUT2D eigenvalue weighted by molar-refractivity contribution is -0.0987. The summed E-state index contributed by atoms with van der Waals surface area (Å²) in [7, 11) is 0. The van der Waals surface area contributed by atoms with Crippen molar-refractivity contribution in [3.63, 3.8) is 0 Å². The molecule has 0 bridgehead atoms. The van der Waals surface area contributed by atoms with E-state index in [0.717, 1.165) is 10.8 Å². The topological polar surface area (TPSA) is 125 Å². The highest BCUT2D eigenvalue weighted by atomic mass is 16.6. The van der Waals surface area contributed by atoms with E-state index in [9.17, 15) is 19.8 Å². The van der Waals surface area contributed by atoms with Gasteiger partial charge in [-0.2, -0.15) is 0 Å². The molecule has 2 rings (SSSR count). The minimum absolute atomic E-state index is 0.485. The van der Waals surface area contributed by atoms with Crippen molar-refractivity contribution in [1.29, 1.82) is 0 Å². The average molecular weight is 259 g/mol. The van der Waals surface area contributed by atoms with Crippen LogP contribution >= 0.6 is 0 Å². The fourth-order valence-electron chi connectivity index (χ4n) is 1.95. The third-order valence-electron chi connectivity index (χ3n) is 2.98. The molecule has 100 valence electrons. The molecule has 0 amide bonds. The Morgan fingerprint density at radius 2 is 2.33 bits per heavy atom. The maximum atomic E-state index is 11.7. The molecule has 0 spiro atoms. The number of aromatic nitrogens is 2. The van der Waals surface area contributed by atoms with Crippen LogP contribution in [0.3, 0.4) is 0 Å². The van der Waals surface area contributed by atoms with Crippen LogP contribution in [0.15, 0.2) is 21.8 Å². The molecule has 0 aliphatic carbocycles. The van der Waals surface area contributed by atoms with Crippen molar-refractivity contribution < 1.29 is 21.4 Å². The summed E-state index contributed by atoms with van der Waals surface area (Å²) in [4.78, 5) is 24.7. The van der Waals surface area contributed by atoms with Gasteiger partial charge in [0, 0.05) is 12.2 Å². The van der Waals surface area contributed by atoms with Crippen molar-refractivity contribution in [1.82, 2.24) is 9.55 Å². The van der Waals surface area contributed by atoms with Crippen LogP contribution in [0.1, 0.15) is 14.5 Å². The molecule has 4 atom stereocenters. The molecule has 4 N–H and O–H groups in total. The molecule has 0 aromatic carbocycles. The highest BCUT2D eigenvalue weighted by Gasteiger charge is 2.53. The molecular weight excluding hydrogens is 244 g/mol. The molecule has 8 nitrogen and oxygen atoms in total. The van der Waals surface area contributed by atoms with E-state index in [4.69, 9.17) is 11.2 Å². The van der Waals surface area contributed by atoms with E-state index in [1.165, 1.54) is 6.92 Å². The van der Waals surface area contributed by atoms with E-state index in [2.05, 4.69) is 0 Å². The van der Waals surface area contributed by atoms with E-state index < -0.39 is 47.9 Å². The molecule has 8 heteroatoms. The van der Waals surface area contributed by atoms with Gasteiger partial charge in [0.15, 0.2) is 6.23 Å². The van der Waals surface area contributed by atoms with Gasteiger partial charge in [-0.1, -0.05) is 0 Å². The summed E-state index contributed by atoms with van der Waals surface area (Å²) in [5, 5.41) is 29.0. The first-order valence-corrected chi connectivity index (χ1v) is 5.28. The van der Waals surface area contributed by atoms with Crippen molar-refractivity contribution in [2.75, 3.05) is 6.61 Å². The van der Waals surface area contributed by atoms with Crippen LogP contribution in [0.25, 0.3) is 0 Å². The van der Waals surface area contributed by atoms with Gasteiger partial charge in [0.1, 0.15) is 17.8 Å². The van der Waals surface area contributed by atoms with Crippen LogP contribution in [0.5, 0.6) is 0 Å². The Kier molecular flexibility index (Phi) is 2.78. The summed E-state index contributed by atoms with van der Waals surface area (Å²) in [5.41, 5.74) is -3.59. The van der Waals surface area contributed by atoms with Gasteiger partial charge in [0.25, 0.3) is 5.56 Å². The largest absolute Gasteiger partial charge is 0.394 e. The number of aliphatic hydroxyl groups is 3. The molecular formula is C10H14N2O6. The van der Waals surface area contributed by atoms with Gasteiger partial charge in [-0.05, 0) is 6.92 Å². The Morgan fingerprint density at radius 1 is 1.67 bits per heavy atom. The Labute approximate surface area is 102 Å². The minimum atomic E-state index is -1.85. The summed E-state index contributed by atoms with van der Waals surface area (Å²) < 4.78 is 13.4. The Morgan fingerprint density at radius 3 is 2.89 bits per heavy atom. The Bertz CT molecular complexity index is 594. The monoisotopic (exact) mass is 259 g/mol. The minimum Gasteiger partial charge on any atom is -0.394 e. The second-order valence-corrected chi connectivity index (χ2v) is 4.32. The smallest absolute Gasteiger partial charge is 0.330 e. The standard InChI is InChI=1S/C10H14N2O6/c1-10(17)7(15)5(4-13)18-8(10)12-3-2-6(14)11-9(12)16/h2-3,5,7-8,13,15,17H,4H2,1H3,(H,11,14,16)/t5-,7-,8-,10-/m1/s1/i2D. The van der Waals surface area contributed by atoms with E-state index in [1.54, 1.807) is 0 Å². The zero-order valence-corrected chi connectivity index (χ0v) is 9.53. The fourth-order valence-corrected chi connectivity index (χ4v) is 1.95. The maximum absolute atomic E-state index is 11.7. The first-order chi connectivity index (χ1) is 8.78. The number of ether oxygens (including phenoxy) is 1. The van der Waals surface area contributed by atoms with Gasteiger partial charge < -0.3 is 20.1 Å². The molecule has 1 aliphatic rings. The Balaban J connectivity index is 2.51. The molecule has 18 heavy (non-hydrogen) atoms. The van der Waals surface area contributed by atoms with E-state index in [-0.39, 0.29) is 0 Å². The lowest BCUT2D eigenvalue weighted by Crippen LogP contribution is -2.46. The zero-order valence-electron chi connectivity index (χ0n) is 10.5. The van der Waals surface area contributed by atoms with Crippen LogP contribution in [-0.2, 0) is 4.74 Å². The van der Waals surface area contributed by atoms with Gasteiger partial charge in [-0.3, -0.25) is 14.3 Å². The lowest BCUT2D eigenvalue weighted by Gasteiger charge is -2.27. The number of nitrogens with zero attached hydrogens (tertiary/aromatic N) is 1. The number of hydrogen-bond acceptors (Lipinski definition) is 6. The van der Waals surface area contributed by atoms with E-state index >= 15 is 0 Å². The summed E-state index contributed by atoms with van der Waals surface area (Å²) in [6.07, 6.45) is -2.87. The first kappa shape index (κ1) is 11.6. The lowest BCUT2D eigenvalue weighted by atomic mass is 9.96. The molecule has 0 radical (unpaired) electrons. The molecule has 1 fully saturated rings. The number of aromatic amines is 1. The molecule has 1 aromatic rings. The molecule has 0 unspecified atom stereocenters. The second kappa shape index (κ2) is 4.32. The number of hydrogen-bond donors (Lipinski definition) is 4. The predicted molar refractivity (Wildman–Crippen MR) is 58.9 cm³/mol. The summed E-state index contributed by atoms with van der Waals surface area (Å²) in [6, 6.07) is -0.485. The summed E-state index contributed by atoms with van der Waals surface area (Å²) in [5.74, 6) is 0. The van der Waals surface area contributed by atoms with Crippen LogP contribution in [0, 0.1) is 0 Å². The van der Waals surface area contributed by atoms with Gasteiger partial charge in [-0.25, -0.2) is 4.79 Å². The molecule has 1 aromatic heterocycles. The van der Waals surface area contributed by atoms with E-state index in [1.807, 2.05) is 4.98 Å². The fraction of sp³-hybridized carbons (Fsp3) is 0.600. The highest BCUT2D eigenvalue weighted by molar-refractivity contribution is 5.00. The van der Waals surface area contributed by atoms with Gasteiger partial charge >= 0.3 is 5.69 Å². The number of rotatable bonds is 2. The third kappa shape index (κ3) is 1.89. The van der Waals surface area contributed by atoms with Crippen molar-refractivity contribution in [3.05, 3.63) is 33.1 Å². The van der Waals surface area contributed by atoms with Crippen molar-refractivity contribution in [2.45, 2.75) is 31.0 Å². The van der Waals surface area contributed by atoms with Crippen molar-refractivity contribution >= 4 is 0 Å². The van der Waals surface area contributed by atoms with E-state index in [0.29, 0.717) is 0 Å². The average Bonchev–Trinajstić information content (AvgIpc) is 2.56. The van der Waals surface area contributed by atoms with Crippen molar-refractivity contribution in [3.8, 4) is 0 Å². The SMILES string of the molecule is [2H]c1cn([C@@H]2O[C@H](CO)[C@@H](O)[C@@]2(C)O)c(=O)[nH]c1=O. The predicted octanol–water partition coefficient (Wildman–Crippen LogP) is -2.46. The molecule has 2 heterocycles. The quantitative estimate of drug-likeness (QED) is 0.467. The normalized spacial score (nSPS) is 36.7. The third-order valence-corrected chi connectivity index (χ3v) is 2.98.